The van der Waals surface area contributed by atoms with Crippen LogP contribution in [0.2, 0.25) is 10.0 Å². The van der Waals surface area contributed by atoms with Crippen molar-refractivity contribution in [1.29, 1.82) is 0 Å². The summed E-state index contributed by atoms with van der Waals surface area (Å²) in [5.74, 6) is 0.0870. The van der Waals surface area contributed by atoms with Crippen molar-refractivity contribution in [1.82, 2.24) is 10.3 Å². The first-order valence-electron chi connectivity index (χ1n) is 10.7. The third kappa shape index (κ3) is 7.06. The summed E-state index contributed by atoms with van der Waals surface area (Å²) >= 11 is 12.2. The third-order valence-corrected chi connectivity index (χ3v) is 5.75. The molecule has 0 aliphatic carbocycles. The van der Waals surface area contributed by atoms with E-state index in [0.29, 0.717) is 40.8 Å². The minimum absolute atomic E-state index is 0.0324. The van der Waals surface area contributed by atoms with Crippen LogP contribution in [-0.2, 0) is 9.47 Å². The van der Waals surface area contributed by atoms with Crippen LogP contribution in [0.15, 0.2) is 30.5 Å². The van der Waals surface area contributed by atoms with Gasteiger partial charge in [-0.05, 0) is 51.0 Å². The van der Waals surface area contributed by atoms with Crippen molar-refractivity contribution in [2.45, 2.75) is 58.3 Å². The lowest BCUT2D eigenvalue weighted by Gasteiger charge is -2.24. The number of rotatable bonds is 6. The lowest BCUT2D eigenvalue weighted by molar-refractivity contribution is 0.0237. The van der Waals surface area contributed by atoms with Gasteiger partial charge in [0, 0.05) is 30.7 Å². The van der Waals surface area contributed by atoms with E-state index < -0.39 is 17.7 Å². The second-order valence-corrected chi connectivity index (χ2v) is 9.70. The molecule has 178 valence electrons. The fourth-order valence-electron chi connectivity index (χ4n) is 3.39. The van der Waals surface area contributed by atoms with Gasteiger partial charge in [0.2, 0.25) is 5.88 Å². The number of aryl methyl sites for hydroxylation is 1. The zero-order valence-electron chi connectivity index (χ0n) is 19.1. The van der Waals surface area contributed by atoms with E-state index in [-0.39, 0.29) is 16.9 Å². The molecule has 0 bridgehead atoms. The van der Waals surface area contributed by atoms with Crippen LogP contribution in [0, 0.1) is 6.92 Å². The van der Waals surface area contributed by atoms with Crippen LogP contribution < -0.4 is 10.1 Å². The molecular weight excluding hydrogens is 467 g/mol. The number of aromatic nitrogens is 1. The quantitative estimate of drug-likeness (QED) is 0.517. The van der Waals surface area contributed by atoms with Crippen molar-refractivity contribution in [2.24, 2.45) is 0 Å². The Kier molecular flexibility index (Phi) is 8.21. The largest absolute Gasteiger partial charge is 0.474 e. The van der Waals surface area contributed by atoms with Crippen LogP contribution in [0.5, 0.6) is 5.88 Å². The average molecular weight is 495 g/mol. The average Bonchev–Trinajstić information content (AvgIpc) is 2.73. The van der Waals surface area contributed by atoms with Gasteiger partial charge in [0.05, 0.1) is 23.3 Å². The number of amides is 1. The number of benzene rings is 1. The molecule has 1 aromatic carbocycles. The minimum Gasteiger partial charge on any atom is -0.474 e. The van der Waals surface area contributed by atoms with E-state index in [2.05, 4.69) is 10.3 Å². The lowest BCUT2D eigenvalue weighted by Crippen LogP contribution is -2.38. The van der Waals surface area contributed by atoms with E-state index in [4.69, 9.17) is 37.4 Å². The normalized spacial score (nSPS) is 15.6. The monoisotopic (exact) mass is 494 g/mol. The number of carbonyl (C=O) groups excluding carboxylic acids is 2. The molecule has 3 rings (SSSR count). The van der Waals surface area contributed by atoms with Gasteiger partial charge in [0.15, 0.2) is 5.78 Å². The predicted molar refractivity (Wildman–Crippen MR) is 126 cm³/mol. The number of Topliss-reactive ketones (excluding diaryl/α,β-unsaturated/α-hetero) is 1. The first-order chi connectivity index (χ1) is 15.5. The number of nitrogens with zero attached hydrogens (tertiary/aromatic N) is 1. The van der Waals surface area contributed by atoms with Gasteiger partial charge in [0.25, 0.3) is 0 Å². The van der Waals surface area contributed by atoms with Crippen molar-refractivity contribution in [3.05, 3.63) is 57.2 Å². The predicted octanol–water partition coefficient (Wildman–Crippen LogP) is 5.70. The van der Waals surface area contributed by atoms with E-state index >= 15 is 0 Å². The summed E-state index contributed by atoms with van der Waals surface area (Å²) in [6.45, 7) is 8.34. The highest BCUT2D eigenvalue weighted by Crippen LogP contribution is 2.29. The zero-order chi connectivity index (χ0) is 24.2. The Morgan fingerprint density at radius 3 is 2.45 bits per heavy atom. The lowest BCUT2D eigenvalue weighted by atomic mass is 9.96. The van der Waals surface area contributed by atoms with Crippen molar-refractivity contribution in [2.75, 3.05) is 13.2 Å². The second kappa shape index (κ2) is 10.7. The highest BCUT2D eigenvalue weighted by atomic mass is 35.5. The van der Waals surface area contributed by atoms with E-state index in [0.717, 1.165) is 12.8 Å². The molecule has 0 radical (unpaired) electrons. The van der Waals surface area contributed by atoms with E-state index in [1.165, 1.54) is 6.20 Å². The van der Waals surface area contributed by atoms with Gasteiger partial charge < -0.3 is 19.5 Å². The summed E-state index contributed by atoms with van der Waals surface area (Å²) < 4.78 is 16.6. The molecule has 33 heavy (non-hydrogen) atoms. The molecule has 0 saturated carbocycles. The van der Waals surface area contributed by atoms with Gasteiger partial charge in [-0.2, -0.15) is 0 Å². The maximum atomic E-state index is 13.5. The zero-order valence-corrected chi connectivity index (χ0v) is 20.6. The number of alkyl carbamates (subject to hydrolysis) is 1. The van der Waals surface area contributed by atoms with Crippen LogP contribution in [0.4, 0.5) is 4.79 Å². The van der Waals surface area contributed by atoms with Crippen molar-refractivity contribution in [3.63, 3.8) is 0 Å². The van der Waals surface area contributed by atoms with Crippen LogP contribution in [0.25, 0.3) is 0 Å². The van der Waals surface area contributed by atoms with Gasteiger partial charge in [-0.15, -0.1) is 0 Å². The van der Waals surface area contributed by atoms with Crippen molar-refractivity contribution in [3.8, 4) is 5.88 Å². The second-order valence-electron chi connectivity index (χ2n) is 8.88. The van der Waals surface area contributed by atoms with Crippen LogP contribution >= 0.6 is 23.2 Å². The standard InChI is InChI=1S/C24H28Cl2N2O5/c1-14-11-20(32-16-7-9-31-10-8-16)27-13-17(14)22(29)21(28-23(30)33-24(2,3)4)15-5-6-18(25)19(26)12-15/h5-6,11-13,16,21H,7-10H2,1-4H3,(H,28,30). The molecular formula is C24H28Cl2N2O5. The molecule has 7 nitrogen and oxygen atoms in total. The Morgan fingerprint density at radius 1 is 1.15 bits per heavy atom. The third-order valence-electron chi connectivity index (χ3n) is 5.01. The number of carbonyl (C=O) groups is 2. The smallest absolute Gasteiger partial charge is 0.408 e. The molecule has 1 aliphatic rings. The molecule has 2 aromatic rings. The number of halogens is 2. The van der Waals surface area contributed by atoms with Crippen molar-refractivity contribution >= 4 is 35.1 Å². The molecule has 2 heterocycles. The van der Waals surface area contributed by atoms with E-state index in [1.807, 2.05) is 0 Å². The summed E-state index contributed by atoms with van der Waals surface area (Å²) in [4.78, 5) is 30.3. The highest BCUT2D eigenvalue weighted by molar-refractivity contribution is 6.42. The van der Waals surface area contributed by atoms with Crippen LogP contribution in [0.3, 0.4) is 0 Å². The van der Waals surface area contributed by atoms with Crippen LogP contribution in [-0.4, -0.2) is 41.8 Å². The van der Waals surface area contributed by atoms with E-state index in [1.54, 1.807) is 52.0 Å². The Hall–Kier alpha value is -2.35. The molecule has 0 spiro atoms. The number of hydrogen-bond acceptors (Lipinski definition) is 6. The summed E-state index contributed by atoms with van der Waals surface area (Å²) in [6, 6.07) is 5.45. The number of ether oxygens (including phenoxy) is 3. The van der Waals surface area contributed by atoms with E-state index in [9.17, 15) is 9.59 Å². The summed E-state index contributed by atoms with van der Waals surface area (Å²) in [5.41, 5.74) is 0.771. The topological polar surface area (TPSA) is 86.8 Å². The Balaban J connectivity index is 1.86. The van der Waals surface area contributed by atoms with Gasteiger partial charge >= 0.3 is 6.09 Å². The van der Waals surface area contributed by atoms with Gasteiger partial charge in [0.1, 0.15) is 17.7 Å². The summed E-state index contributed by atoms with van der Waals surface area (Å²) in [6.07, 6.45) is 2.36. The molecule has 1 aliphatic heterocycles. The summed E-state index contributed by atoms with van der Waals surface area (Å²) in [7, 11) is 0. The molecule has 9 heteroatoms. The summed E-state index contributed by atoms with van der Waals surface area (Å²) in [5, 5.41) is 3.27. The molecule has 1 atom stereocenters. The number of nitrogens with one attached hydrogen (secondary N) is 1. The van der Waals surface area contributed by atoms with Gasteiger partial charge in [-0.3, -0.25) is 4.79 Å². The maximum absolute atomic E-state index is 13.5. The van der Waals surface area contributed by atoms with Gasteiger partial charge in [-0.1, -0.05) is 29.3 Å². The fourth-order valence-corrected chi connectivity index (χ4v) is 3.70. The maximum Gasteiger partial charge on any atom is 0.408 e. The Bertz CT molecular complexity index is 1020. The molecule has 1 N–H and O–H groups in total. The molecule has 1 unspecified atom stereocenters. The number of hydrogen-bond donors (Lipinski definition) is 1. The molecule has 1 aromatic heterocycles. The fraction of sp³-hybridized carbons (Fsp3) is 0.458. The number of ketones is 1. The Labute approximate surface area is 203 Å². The molecule has 1 saturated heterocycles. The molecule has 1 amide bonds. The van der Waals surface area contributed by atoms with Crippen LogP contribution in [0.1, 0.15) is 61.1 Å². The number of pyridine rings is 1. The van der Waals surface area contributed by atoms with Gasteiger partial charge in [-0.25, -0.2) is 9.78 Å². The first-order valence-corrected chi connectivity index (χ1v) is 11.5. The highest BCUT2D eigenvalue weighted by Gasteiger charge is 2.29. The molecule has 1 fully saturated rings. The van der Waals surface area contributed by atoms with Crippen molar-refractivity contribution < 1.29 is 23.8 Å². The SMILES string of the molecule is Cc1cc(OC2CCOCC2)ncc1C(=O)C(NC(=O)OC(C)(C)C)c1ccc(Cl)c(Cl)c1. The Morgan fingerprint density at radius 2 is 1.85 bits per heavy atom. The first kappa shape index (κ1) is 25.3. The minimum atomic E-state index is -1.04.